The van der Waals surface area contributed by atoms with Crippen molar-refractivity contribution in [2.24, 2.45) is 5.73 Å². The number of nitrogens with one attached hydrogen (secondary N) is 2. The number of aromatic amines is 2. The van der Waals surface area contributed by atoms with Crippen molar-refractivity contribution in [3.05, 3.63) is 51.4 Å². The molecule has 8 nitrogen and oxygen atoms in total. The van der Waals surface area contributed by atoms with E-state index in [2.05, 4.69) is 14.9 Å². The van der Waals surface area contributed by atoms with E-state index in [-0.39, 0.29) is 30.7 Å². The largest absolute Gasteiger partial charge is 0.573 e. The van der Waals surface area contributed by atoms with Crippen LogP contribution in [0.1, 0.15) is 36.1 Å². The fourth-order valence-corrected chi connectivity index (χ4v) is 2.76. The fraction of sp³-hybridized carbons (Fsp3) is 0.353. The predicted molar refractivity (Wildman–Crippen MR) is 90.5 cm³/mol. The van der Waals surface area contributed by atoms with Crippen LogP contribution in [0.25, 0.3) is 0 Å². The number of amides is 1. The van der Waals surface area contributed by atoms with E-state index in [1.807, 2.05) is 0 Å². The molecule has 0 bridgehead atoms. The first-order valence-electron chi connectivity index (χ1n) is 8.19. The Kier molecular flexibility index (Phi) is 6.49. The molecule has 1 heterocycles. The molecular formula is C17H18F3N3O5. The molecule has 0 radical (unpaired) electrons. The Morgan fingerprint density at radius 1 is 1.18 bits per heavy atom. The van der Waals surface area contributed by atoms with Gasteiger partial charge in [-0.15, -0.1) is 13.2 Å². The SMILES string of the molecule is CCOC(=O)Cc1[nH][nH]c(=O)c1[C@H](CC(N)=O)c1ccc(OC(F)(F)F)cc1. The maximum absolute atomic E-state index is 12.3. The highest BCUT2D eigenvalue weighted by Gasteiger charge is 2.31. The van der Waals surface area contributed by atoms with E-state index in [4.69, 9.17) is 10.5 Å². The minimum Gasteiger partial charge on any atom is -0.466 e. The van der Waals surface area contributed by atoms with Crippen LogP contribution in [0.15, 0.2) is 29.1 Å². The summed E-state index contributed by atoms with van der Waals surface area (Å²) in [7, 11) is 0. The first kappa shape index (κ1) is 21.1. The summed E-state index contributed by atoms with van der Waals surface area (Å²) in [5.74, 6) is -2.66. The van der Waals surface area contributed by atoms with Crippen LogP contribution in [0.5, 0.6) is 5.75 Å². The summed E-state index contributed by atoms with van der Waals surface area (Å²) in [5, 5.41) is 4.90. The summed E-state index contributed by atoms with van der Waals surface area (Å²) < 4.78 is 45.6. The number of halogens is 3. The molecule has 11 heteroatoms. The maximum Gasteiger partial charge on any atom is 0.573 e. The third kappa shape index (κ3) is 5.63. The Morgan fingerprint density at radius 2 is 1.82 bits per heavy atom. The predicted octanol–water partition coefficient (Wildman–Crippen LogP) is 1.71. The number of nitrogens with two attached hydrogens (primary N) is 1. The molecule has 0 aliphatic heterocycles. The van der Waals surface area contributed by atoms with Crippen LogP contribution >= 0.6 is 0 Å². The van der Waals surface area contributed by atoms with Crippen molar-refractivity contribution < 1.29 is 32.2 Å². The van der Waals surface area contributed by atoms with Gasteiger partial charge in [0.2, 0.25) is 5.91 Å². The van der Waals surface area contributed by atoms with Crippen molar-refractivity contribution in [1.29, 1.82) is 0 Å². The second kappa shape index (κ2) is 8.63. The minimum absolute atomic E-state index is 0.0799. The van der Waals surface area contributed by atoms with Crippen LogP contribution in [0, 0.1) is 0 Å². The van der Waals surface area contributed by atoms with Gasteiger partial charge < -0.3 is 20.3 Å². The number of primary amides is 1. The monoisotopic (exact) mass is 401 g/mol. The molecule has 0 fully saturated rings. The summed E-state index contributed by atoms with van der Waals surface area (Å²) in [6, 6.07) is 4.69. The average molecular weight is 401 g/mol. The van der Waals surface area contributed by atoms with Crippen molar-refractivity contribution in [3.63, 3.8) is 0 Å². The summed E-state index contributed by atoms with van der Waals surface area (Å²) >= 11 is 0. The highest BCUT2D eigenvalue weighted by atomic mass is 19.4. The summed E-state index contributed by atoms with van der Waals surface area (Å²) in [4.78, 5) is 35.5. The molecular weight excluding hydrogens is 383 g/mol. The first-order chi connectivity index (χ1) is 13.1. The van der Waals surface area contributed by atoms with Crippen LogP contribution in [-0.2, 0) is 20.7 Å². The Labute approximate surface area is 156 Å². The molecule has 4 N–H and O–H groups in total. The zero-order valence-corrected chi connectivity index (χ0v) is 14.8. The molecule has 0 saturated heterocycles. The summed E-state index contributed by atoms with van der Waals surface area (Å²) in [6.07, 6.45) is -5.40. The number of esters is 1. The van der Waals surface area contributed by atoms with Crippen LogP contribution in [0.3, 0.4) is 0 Å². The van der Waals surface area contributed by atoms with Gasteiger partial charge in [0.15, 0.2) is 0 Å². The number of alkyl halides is 3. The molecule has 0 spiro atoms. The third-order valence-electron chi connectivity index (χ3n) is 3.79. The number of aromatic nitrogens is 2. The Balaban J connectivity index is 2.40. The van der Waals surface area contributed by atoms with Crippen LogP contribution in [0.2, 0.25) is 0 Å². The van der Waals surface area contributed by atoms with Gasteiger partial charge in [0.25, 0.3) is 5.56 Å². The summed E-state index contributed by atoms with van der Waals surface area (Å²) in [5.41, 5.74) is 5.32. The molecule has 28 heavy (non-hydrogen) atoms. The standard InChI is InChI=1S/C17H18F3N3O5/c1-2-27-14(25)8-12-15(16(26)23-22-12)11(7-13(21)24)9-3-5-10(6-4-9)28-17(18,19)20/h3-6,11H,2,7-8H2,1H3,(H2,21,24)(H2,22,23,26)/t11-/m1/s1. The van der Waals surface area contributed by atoms with Gasteiger partial charge in [-0.2, -0.15) is 0 Å². The molecule has 0 saturated carbocycles. The highest BCUT2D eigenvalue weighted by Crippen LogP contribution is 2.30. The average Bonchev–Trinajstić information content (AvgIpc) is 2.92. The quantitative estimate of drug-likeness (QED) is 0.581. The topological polar surface area (TPSA) is 127 Å². The zero-order chi connectivity index (χ0) is 20.9. The lowest BCUT2D eigenvalue weighted by Gasteiger charge is -2.16. The van der Waals surface area contributed by atoms with Gasteiger partial charge in [0.05, 0.1) is 18.7 Å². The van der Waals surface area contributed by atoms with E-state index in [9.17, 15) is 27.6 Å². The lowest BCUT2D eigenvalue weighted by atomic mass is 9.87. The molecule has 0 unspecified atom stereocenters. The van der Waals surface area contributed by atoms with Gasteiger partial charge in [-0.25, -0.2) is 0 Å². The van der Waals surface area contributed by atoms with Gasteiger partial charge in [-0.05, 0) is 24.6 Å². The number of H-pyrrole nitrogens is 2. The number of ether oxygens (including phenoxy) is 2. The number of carbonyl (C=O) groups is 2. The van der Waals surface area contributed by atoms with Gasteiger partial charge in [-0.3, -0.25) is 19.5 Å². The summed E-state index contributed by atoms with van der Waals surface area (Å²) in [6.45, 7) is 1.77. The second-order valence-corrected chi connectivity index (χ2v) is 5.79. The van der Waals surface area contributed by atoms with Crippen LogP contribution in [0.4, 0.5) is 13.2 Å². The van der Waals surface area contributed by atoms with Crippen molar-refractivity contribution >= 4 is 11.9 Å². The van der Waals surface area contributed by atoms with E-state index in [0.29, 0.717) is 5.56 Å². The van der Waals surface area contributed by atoms with Crippen LogP contribution < -0.4 is 16.0 Å². The number of hydrogen-bond acceptors (Lipinski definition) is 5. The Morgan fingerprint density at radius 3 is 2.36 bits per heavy atom. The molecule has 152 valence electrons. The second-order valence-electron chi connectivity index (χ2n) is 5.79. The molecule has 2 rings (SSSR count). The zero-order valence-electron chi connectivity index (χ0n) is 14.8. The number of carbonyl (C=O) groups excluding carboxylic acids is 2. The van der Waals surface area contributed by atoms with E-state index in [0.717, 1.165) is 12.1 Å². The lowest BCUT2D eigenvalue weighted by Crippen LogP contribution is -2.22. The molecule has 1 aromatic carbocycles. The number of hydrogen-bond donors (Lipinski definition) is 3. The molecule has 0 aliphatic rings. The van der Waals surface area contributed by atoms with Gasteiger partial charge in [-0.1, -0.05) is 12.1 Å². The van der Waals surface area contributed by atoms with Crippen molar-refractivity contribution in [2.75, 3.05) is 6.61 Å². The fourth-order valence-electron chi connectivity index (χ4n) is 2.76. The molecule has 1 aromatic heterocycles. The Hall–Kier alpha value is -3.24. The lowest BCUT2D eigenvalue weighted by molar-refractivity contribution is -0.274. The first-order valence-corrected chi connectivity index (χ1v) is 8.19. The number of rotatable bonds is 8. The van der Waals surface area contributed by atoms with Gasteiger partial charge in [0, 0.05) is 17.9 Å². The van der Waals surface area contributed by atoms with Gasteiger partial charge >= 0.3 is 12.3 Å². The smallest absolute Gasteiger partial charge is 0.466 e. The van der Waals surface area contributed by atoms with Gasteiger partial charge in [0.1, 0.15) is 5.75 Å². The van der Waals surface area contributed by atoms with Crippen molar-refractivity contribution in [2.45, 2.75) is 32.0 Å². The van der Waals surface area contributed by atoms with Crippen molar-refractivity contribution in [1.82, 2.24) is 10.2 Å². The third-order valence-corrected chi connectivity index (χ3v) is 3.79. The number of benzene rings is 1. The van der Waals surface area contributed by atoms with E-state index >= 15 is 0 Å². The van der Waals surface area contributed by atoms with Crippen molar-refractivity contribution in [3.8, 4) is 5.75 Å². The van der Waals surface area contributed by atoms with Crippen LogP contribution in [-0.4, -0.2) is 35.0 Å². The molecule has 2 aromatic rings. The molecule has 1 atom stereocenters. The normalized spacial score (nSPS) is 12.4. The molecule has 1 amide bonds. The van der Waals surface area contributed by atoms with E-state index in [1.54, 1.807) is 6.92 Å². The maximum atomic E-state index is 12.3. The Bertz CT molecular complexity index is 887. The minimum atomic E-state index is -4.85. The van der Waals surface area contributed by atoms with E-state index in [1.165, 1.54) is 12.1 Å². The van der Waals surface area contributed by atoms with E-state index < -0.39 is 35.5 Å². The molecule has 0 aliphatic carbocycles. The highest BCUT2D eigenvalue weighted by molar-refractivity contribution is 5.76.